The molecule has 2 rings (SSSR count). The lowest BCUT2D eigenvalue weighted by Crippen LogP contribution is -2.48. The van der Waals surface area contributed by atoms with Gasteiger partial charge >= 0.3 is 0 Å². The molecule has 2 N–H and O–H groups in total. The van der Waals surface area contributed by atoms with E-state index in [0.29, 0.717) is 6.04 Å². The van der Waals surface area contributed by atoms with E-state index in [1.165, 1.54) is 30.8 Å². The van der Waals surface area contributed by atoms with Crippen LogP contribution in [0, 0.1) is 5.92 Å². The molecule has 132 valence electrons. The summed E-state index contributed by atoms with van der Waals surface area (Å²) in [7, 11) is 1.84. The number of hydrogen-bond acceptors (Lipinski definition) is 3. The maximum absolute atomic E-state index is 4.32. The van der Waals surface area contributed by atoms with Crippen LogP contribution in [0.15, 0.2) is 22.5 Å². The lowest BCUT2D eigenvalue weighted by Gasteiger charge is -2.35. The van der Waals surface area contributed by atoms with Gasteiger partial charge in [-0.15, -0.1) is 35.3 Å². The van der Waals surface area contributed by atoms with E-state index in [1.807, 2.05) is 18.4 Å². The number of rotatable bonds is 6. The Balaban J connectivity index is 0.00000264. The third kappa shape index (κ3) is 7.39. The van der Waals surface area contributed by atoms with Crippen molar-refractivity contribution in [1.29, 1.82) is 0 Å². The largest absolute Gasteiger partial charge is 0.356 e. The standard InChI is InChI=1S/C17H30N4S.HI/c1-14-7-10-21(11-8-14)15(2)13-20-17(18-3)19-9-6-16-5-4-12-22-16;/h4-5,12,14-15H,6-11,13H2,1-3H3,(H2,18,19,20);1H. The molecule has 4 nitrogen and oxygen atoms in total. The number of piperidine rings is 1. The van der Waals surface area contributed by atoms with Crippen molar-refractivity contribution < 1.29 is 0 Å². The summed E-state index contributed by atoms with van der Waals surface area (Å²) in [6.07, 6.45) is 3.72. The van der Waals surface area contributed by atoms with Gasteiger partial charge < -0.3 is 10.6 Å². The summed E-state index contributed by atoms with van der Waals surface area (Å²) >= 11 is 1.81. The molecule has 1 unspecified atom stereocenters. The number of hydrogen-bond donors (Lipinski definition) is 2. The zero-order valence-corrected chi connectivity index (χ0v) is 17.7. The lowest BCUT2D eigenvalue weighted by molar-refractivity contribution is 0.147. The number of nitrogens with one attached hydrogen (secondary N) is 2. The summed E-state index contributed by atoms with van der Waals surface area (Å²) < 4.78 is 0. The molecule has 0 radical (unpaired) electrons. The Labute approximate surface area is 162 Å². The Morgan fingerprint density at radius 2 is 2.13 bits per heavy atom. The monoisotopic (exact) mass is 450 g/mol. The molecule has 23 heavy (non-hydrogen) atoms. The van der Waals surface area contributed by atoms with Crippen molar-refractivity contribution in [3.8, 4) is 0 Å². The highest BCUT2D eigenvalue weighted by Gasteiger charge is 2.20. The van der Waals surface area contributed by atoms with Crippen molar-refractivity contribution in [2.45, 2.75) is 39.2 Å². The molecule has 1 aliphatic rings. The second-order valence-corrected chi connectivity index (χ2v) is 7.31. The van der Waals surface area contributed by atoms with Gasteiger partial charge in [0.2, 0.25) is 0 Å². The fourth-order valence-corrected chi connectivity index (χ4v) is 3.53. The molecule has 0 saturated carbocycles. The Kier molecular flexibility index (Phi) is 10.1. The molecule has 0 spiro atoms. The molecule has 1 atom stereocenters. The van der Waals surface area contributed by atoms with Gasteiger partial charge in [-0.05, 0) is 56.6 Å². The van der Waals surface area contributed by atoms with Gasteiger partial charge in [0.05, 0.1) is 0 Å². The molecule has 0 bridgehead atoms. The maximum Gasteiger partial charge on any atom is 0.191 e. The Bertz CT molecular complexity index is 441. The van der Waals surface area contributed by atoms with E-state index >= 15 is 0 Å². The Morgan fingerprint density at radius 1 is 1.39 bits per heavy atom. The molecule has 2 heterocycles. The van der Waals surface area contributed by atoms with Gasteiger partial charge in [-0.25, -0.2) is 0 Å². The maximum atomic E-state index is 4.32. The van der Waals surface area contributed by atoms with Crippen LogP contribution in [-0.4, -0.2) is 50.1 Å². The molecule has 1 fully saturated rings. The van der Waals surface area contributed by atoms with Gasteiger partial charge in [0, 0.05) is 31.1 Å². The predicted molar refractivity (Wildman–Crippen MR) is 112 cm³/mol. The van der Waals surface area contributed by atoms with Crippen LogP contribution >= 0.6 is 35.3 Å². The molecule has 1 aromatic rings. The van der Waals surface area contributed by atoms with Crippen molar-refractivity contribution in [1.82, 2.24) is 15.5 Å². The van der Waals surface area contributed by atoms with Crippen molar-refractivity contribution in [2.24, 2.45) is 10.9 Å². The van der Waals surface area contributed by atoms with Crippen LogP contribution in [0.1, 0.15) is 31.6 Å². The number of thiophene rings is 1. The number of likely N-dealkylation sites (tertiary alicyclic amines) is 1. The van der Waals surface area contributed by atoms with E-state index in [-0.39, 0.29) is 24.0 Å². The number of nitrogens with zero attached hydrogens (tertiary/aromatic N) is 2. The van der Waals surface area contributed by atoms with E-state index in [0.717, 1.165) is 31.4 Å². The van der Waals surface area contributed by atoms with Gasteiger partial charge in [-0.3, -0.25) is 9.89 Å². The SMILES string of the molecule is CN=C(NCCc1cccs1)NCC(C)N1CCC(C)CC1.I. The molecule has 6 heteroatoms. The zero-order chi connectivity index (χ0) is 15.8. The number of guanidine groups is 1. The van der Waals surface area contributed by atoms with E-state index in [4.69, 9.17) is 0 Å². The van der Waals surface area contributed by atoms with Crippen LogP contribution in [0.25, 0.3) is 0 Å². The second kappa shape index (κ2) is 11.3. The zero-order valence-electron chi connectivity index (χ0n) is 14.5. The van der Waals surface area contributed by atoms with Crippen LogP contribution in [-0.2, 0) is 6.42 Å². The first-order valence-electron chi connectivity index (χ1n) is 8.40. The van der Waals surface area contributed by atoms with E-state index in [2.05, 4.69) is 51.9 Å². The van der Waals surface area contributed by atoms with Crippen LogP contribution in [0.3, 0.4) is 0 Å². The quantitative estimate of drug-likeness (QED) is 0.397. The van der Waals surface area contributed by atoms with Gasteiger partial charge in [0.1, 0.15) is 0 Å². The highest BCUT2D eigenvalue weighted by atomic mass is 127. The summed E-state index contributed by atoms with van der Waals surface area (Å²) in [5.74, 6) is 1.80. The van der Waals surface area contributed by atoms with Crippen molar-refractivity contribution in [3.05, 3.63) is 22.4 Å². The summed E-state index contributed by atoms with van der Waals surface area (Å²) in [5, 5.41) is 8.99. The number of aliphatic imine (C=N–C) groups is 1. The van der Waals surface area contributed by atoms with Gasteiger partial charge in [0.25, 0.3) is 0 Å². The van der Waals surface area contributed by atoms with E-state index in [1.54, 1.807) is 0 Å². The van der Waals surface area contributed by atoms with Gasteiger partial charge in [0.15, 0.2) is 5.96 Å². The summed E-state index contributed by atoms with van der Waals surface area (Å²) in [4.78, 5) is 8.32. The molecule has 1 saturated heterocycles. The van der Waals surface area contributed by atoms with Gasteiger partial charge in [-0.2, -0.15) is 0 Å². The molecule has 1 aliphatic heterocycles. The summed E-state index contributed by atoms with van der Waals surface area (Å²) in [6, 6.07) is 4.85. The number of halogens is 1. The minimum Gasteiger partial charge on any atom is -0.356 e. The van der Waals surface area contributed by atoms with Crippen LogP contribution < -0.4 is 10.6 Å². The first-order chi connectivity index (χ1) is 10.7. The Morgan fingerprint density at radius 3 is 2.74 bits per heavy atom. The molecule has 0 aliphatic carbocycles. The molecular formula is C17H31IN4S. The van der Waals surface area contributed by atoms with Crippen LogP contribution in [0.4, 0.5) is 0 Å². The Hall–Kier alpha value is -0.340. The first-order valence-corrected chi connectivity index (χ1v) is 9.28. The average molecular weight is 450 g/mol. The lowest BCUT2D eigenvalue weighted by atomic mass is 9.98. The predicted octanol–water partition coefficient (Wildman–Crippen LogP) is 3.19. The summed E-state index contributed by atoms with van der Waals surface area (Å²) in [6.45, 7) is 9.01. The van der Waals surface area contributed by atoms with E-state index < -0.39 is 0 Å². The third-order valence-electron chi connectivity index (χ3n) is 4.47. The average Bonchev–Trinajstić information content (AvgIpc) is 3.04. The van der Waals surface area contributed by atoms with Crippen molar-refractivity contribution in [2.75, 3.05) is 33.2 Å². The third-order valence-corrected chi connectivity index (χ3v) is 5.41. The van der Waals surface area contributed by atoms with Crippen molar-refractivity contribution >= 4 is 41.3 Å². The molecule has 1 aromatic heterocycles. The second-order valence-electron chi connectivity index (χ2n) is 6.28. The van der Waals surface area contributed by atoms with E-state index in [9.17, 15) is 0 Å². The van der Waals surface area contributed by atoms with Crippen molar-refractivity contribution in [3.63, 3.8) is 0 Å². The minimum absolute atomic E-state index is 0. The smallest absolute Gasteiger partial charge is 0.191 e. The van der Waals surface area contributed by atoms with Crippen LogP contribution in [0.5, 0.6) is 0 Å². The molecule has 0 aromatic carbocycles. The molecule has 0 amide bonds. The summed E-state index contributed by atoms with van der Waals surface area (Å²) in [5.41, 5.74) is 0. The highest BCUT2D eigenvalue weighted by molar-refractivity contribution is 14.0. The minimum atomic E-state index is 0. The normalized spacial score (nSPS) is 18.3. The highest BCUT2D eigenvalue weighted by Crippen LogP contribution is 2.17. The van der Waals surface area contributed by atoms with Gasteiger partial charge in [-0.1, -0.05) is 13.0 Å². The first kappa shape index (κ1) is 20.7. The molecular weight excluding hydrogens is 419 g/mol. The van der Waals surface area contributed by atoms with Crippen LogP contribution in [0.2, 0.25) is 0 Å². The fourth-order valence-electron chi connectivity index (χ4n) is 2.82. The topological polar surface area (TPSA) is 39.7 Å². The fraction of sp³-hybridized carbons (Fsp3) is 0.706.